The van der Waals surface area contributed by atoms with Crippen LogP contribution in [0.2, 0.25) is 10.0 Å². The number of aliphatic hydroxyl groups is 1. The number of amides is 6. The number of ether oxygens (including phenoxy) is 10. The van der Waals surface area contributed by atoms with Crippen LogP contribution in [0.4, 0.5) is 0 Å². The topological polar surface area (TPSA) is 330 Å². The molecule has 27 heteroatoms. The number of nitrogens with one attached hydrogen (secondary N) is 6. The summed E-state index contributed by atoms with van der Waals surface area (Å²) in [5.41, 5.74) is 7.44. The molecule has 0 aromatic heterocycles. The number of aliphatic hydroxyl groups excluding tert-OH is 1. The van der Waals surface area contributed by atoms with E-state index in [4.69, 9.17) is 76.3 Å². The minimum Gasteiger partial charge on any atom is -0.497 e. The predicted octanol–water partition coefficient (Wildman–Crippen LogP) is 6.89. The van der Waals surface area contributed by atoms with Crippen molar-refractivity contribution in [2.75, 3.05) is 49.8 Å². The third-order valence-corrected chi connectivity index (χ3v) is 16.5. The summed E-state index contributed by atoms with van der Waals surface area (Å²) in [5, 5.41) is 28.6. The predicted molar refractivity (Wildman–Crippen MR) is 329 cm³/mol. The Kier molecular flexibility index (Phi) is 17.9. The highest BCUT2D eigenvalue weighted by atomic mass is 35.5. The quantitative estimate of drug-likeness (QED) is 0.0753. The van der Waals surface area contributed by atoms with Crippen molar-refractivity contribution in [1.82, 2.24) is 31.9 Å². The molecule has 8 atom stereocenters. The highest BCUT2D eigenvalue weighted by molar-refractivity contribution is 6.32. The molecule has 0 spiro atoms. The summed E-state index contributed by atoms with van der Waals surface area (Å²) < 4.78 is 59.6. The molecule has 0 fully saturated rings. The number of hydrogen-bond donors (Lipinski definition) is 8. The molecule has 0 aliphatic carbocycles. The Morgan fingerprint density at radius 1 is 0.489 bits per heavy atom. The molecule has 6 amide bonds. The SMILES string of the molecule is COC(=O)[C@H]1NC(=O)[C@H]2NC(=O)[C@H](NC(=O)[C@@H]3NC(=O)[C@H]4NC(=O)[C@@H](Cc5ccc(c(Cl)c5)Oc5cc3cc(c5OC)Oc3ccc(cc3Cl)[C@H]2O)NC(=O)[C@H](N)c2ccc(OC)c(c2)Oc2cc(OC)cc4c2)c2ccc(OC)c(c2)-c2c(OC)cc(OC)cc21. The number of halogens is 2. The van der Waals surface area contributed by atoms with Gasteiger partial charge in [-0.25, -0.2) is 4.79 Å². The zero-order chi connectivity index (χ0) is 65.4. The Bertz CT molecular complexity index is 4170. The molecule has 0 saturated heterocycles. The van der Waals surface area contributed by atoms with Gasteiger partial charge in [0.25, 0.3) is 0 Å². The summed E-state index contributed by atoms with van der Waals surface area (Å²) in [6.07, 6.45) is -2.22. The van der Waals surface area contributed by atoms with Crippen LogP contribution in [0.5, 0.6) is 69.0 Å². The van der Waals surface area contributed by atoms with Gasteiger partial charge in [-0.3, -0.25) is 28.8 Å². The van der Waals surface area contributed by atoms with Gasteiger partial charge in [-0.2, -0.15) is 0 Å². The van der Waals surface area contributed by atoms with Gasteiger partial charge in [0.2, 0.25) is 41.2 Å². The number of nitrogens with two attached hydrogens (primary N) is 1. The first-order chi connectivity index (χ1) is 44.2. The van der Waals surface area contributed by atoms with Crippen LogP contribution in [-0.2, 0) is 44.7 Å². The number of esters is 1. The Balaban J connectivity index is 1.17. The second-order valence-electron chi connectivity index (χ2n) is 21.4. The van der Waals surface area contributed by atoms with Crippen LogP contribution in [0.25, 0.3) is 11.1 Å². The normalized spacial score (nSPS) is 21.0. The standard InChI is InChI=1S/C65H59Cl2N7O18/c1-83-34-18-32-19-36(25-34)90-46-22-29(9-15-45(46)86-4)51(68)60(77)69-41-17-28-8-12-43(39(66)16-28)91-48-23-33-24-49(58(48)88-6)92-44-14-11-31(21-40(44)67)57(75)56-64(81)73-55(65(82)89-7)38-26-35(84-2)27-47(87-5)50(38)37-20-30(10-13-42(37)85-3)52(61(78)74-56)71-63(80)54(33)72-62(79)53(32)70-59(41)76/h8-16,18-27,41,51-57,75H,17,68H2,1-7H3,(H,69,77)(H,70,76)(H,71,80)(H,72,79)(H,73,81)(H,74,78)/t41-,51-,52-,53+,54-,55+,56+,57-/m1/s1. The first-order valence-electron chi connectivity index (χ1n) is 28.2. The Labute approximate surface area is 534 Å². The van der Waals surface area contributed by atoms with E-state index in [-0.39, 0.29) is 130 Å². The summed E-state index contributed by atoms with van der Waals surface area (Å²) >= 11 is 14.1. The highest BCUT2D eigenvalue weighted by Crippen LogP contribution is 2.49. The number of rotatable bonds is 7. The molecule has 0 radical (unpaired) electrons. The summed E-state index contributed by atoms with van der Waals surface area (Å²) in [6, 6.07) is 15.2. The van der Waals surface area contributed by atoms with Gasteiger partial charge >= 0.3 is 5.97 Å². The van der Waals surface area contributed by atoms with Crippen molar-refractivity contribution in [3.63, 3.8) is 0 Å². The van der Waals surface area contributed by atoms with E-state index in [1.54, 1.807) is 18.2 Å². The fourth-order valence-electron chi connectivity index (χ4n) is 11.2. The largest absolute Gasteiger partial charge is 0.497 e. The molecule has 476 valence electrons. The van der Waals surface area contributed by atoms with Crippen molar-refractivity contribution in [3.05, 3.63) is 164 Å². The molecule has 92 heavy (non-hydrogen) atoms. The van der Waals surface area contributed by atoms with Crippen molar-refractivity contribution in [1.29, 1.82) is 0 Å². The van der Waals surface area contributed by atoms with Gasteiger partial charge < -0.3 is 90.1 Å². The van der Waals surface area contributed by atoms with Crippen molar-refractivity contribution in [3.8, 4) is 80.1 Å². The van der Waals surface area contributed by atoms with Crippen molar-refractivity contribution in [2.24, 2.45) is 5.73 Å². The van der Waals surface area contributed by atoms with Crippen LogP contribution < -0.4 is 80.3 Å². The van der Waals surface area contributed by atoms with Crippen molar-refractivity contribution < 1.29 is 86.0 Å². The van der Waals surface area contributed by atoms with Gasteiger partial charge in [0.05, 0.1) is 59.8 Å². The second-order valence-corrected chi connectivity index (χ2v) is 22.2. The van der Waals surface area contributed by atoms with Crippen LogP contribution >= 0.6 is 23.2 Å². The van der Waals surface area contributed by atoms with Gasteiger partial charge in [0, 0.05) is 35.2 Å². The molecule has 6 aliphatic heterocycles. The highest BCUT2D eigenvalue weighted by Gasteiger charge is 2.42. The fraction of sp³-hybridized carbons (Fsp3) is 0.246. The van der Waals surface area contributed by atoms with Crippen LogP contribution in [0.3, 0.4) is 0 Å². The van der Waals surface area contributed by atoms with E-state index in [1.807, 2.05) is 0 Å². The fourth-order valence-corrected chi connectivity index (χ4v) is 11.7. The van der Waals surface area contributed by atoms with Crippen LogP contribution in [0.1, 0.15) is 75.3 Å². The number of fused-ring (bicyclic) bond motifs is 14. The van der Waals surface area contributed by atoms with E-state index < -0.39 is 89.8 Å². The van der Waals surface area contributed by atoms with E-state index in [1.165, 1.54) is 140 Å². The van der Waals surface area contributed by atoms with Crippen molar-refractivity contribution in [2.45, 2.75) is 54.8 Å². The molecule has 25 nitrogen and oxygen atoms in total. The Morgan fingerprint density at radius 2 is 1.07 bits per heavy atom. The van der Waals surface area contributed by atoms with Gasteiger partial charge in [0.15, 0.2) is 29.0 Å². The number of benzene rings is 7. The summed E-state index contributed by atoms with van der Waals surface area (Å²) in [7, 11) is 9.25. The Morgan fingerprint density at radius 3 is 1.70 bits per heavy atom. The summed E-state index contributed by atoms with van der Waals surface area (Å²) in [6.45, 7) is 0. The molecule has 6 heterocycles. The second kappa shape index (κ2) is 26.2. The Hall–Kier alpha value is -10.5. The van der Waals surface area contributed by atoms with Gasteiger partial charge in [0.1, 0.15) is 82.6 Å². The third kappa shape index (κ3) is 12.3. The molecular formula is C65H59Cl2N7O18. The lowest BCUT2D eigenvalue weighted by Gasteiger charge is -2.31. The lowest BCUT2D eigenvalue weighted by atomic mass is 9.89. The minimum absolute atomic E-state index is 0.00445. The van der Waals surface area contributed by atoms with E-state index in [0.29, 0.717) is 5.56 Å². The van der Waals surface area contributed by atoms with Gasteiger partial charge in [-0.1, -0.05) is 47.5 Å². The average Bonchev–Trinajstić information content (AvgIpc) is 0.885. The zero-order valence-corrected chi connectivity index (χ0v) is 51.5. The van der Waals surface area contributed by atoms with E-state index in [2.05, 4.69) is 31.9 Å². The maximum absolute atomic E-state index is 16.1. The van der Waals surface area contributed by atoms with Crippen LogP contribution in [0, 0.1) is 0 Å². The summed E-state index contributed by atoms with van der Waals surface area (Å²) in [5.74, 6) is -6.89. The number of hydrogen-bond acceptors (Lipinski definition) is 19. The molecule has 7 aromatic carbocycles. The lowest BCUT2D eigenvalue weighted by Crippen LogP contribution is -2.55. The molecule has 13 rings (SSSR count). The average molecular weight is 1300 g/mol. The van der Waals surface area contributed by atoms with Crippen LogP contribution in [0.15, 0.2) is 115 Å². The van der Waals surface area contributed by atoms with Gasteiger partial charge in [-0.15, -0.1) is 0 Å². The molecule has 0 saturated carbocycles. The van der Waals surface area contributed by atoms with E-state index in [0.717, 1.165) is 7.11 Å². The first-order valence-corrected chi connectivity index (χ1v) is 29.0. The third-order valence-electron chi connectivity index (χ3n) is 15.9. The maximum Gasteiger partial charge on any atom is 0.333 e. The molecule has 7 aromatic rings. The monoisotopic (exact) mass is 1300 g/mol. The molecular weight excluding hydrogens is 1240 g/mol. The summed E-state index contributed by atoms with van der Waals surface area (Å²) in [4.78, 5) is 106. The number of carbonyl (C=O) groups is 7. The van der Waals surface area contributed by atoms with Crippen LogP contribution in [-0.4, -0.2) is 108 Å². The van der Waals surface area contributed by atoms with Crippen molar-refractivity contribution >= 4 is 64.6 Å². The molecule has 0 unspecified atom stereocenters. The lowest BCUT2D eigenvalue weighted by molar-refractivity contribution is -0.146. The van der Waals surface area contributed by atoms with E-state index in [9.17, 15) is 14.7 Å². The molecule has 17 bridgehead atoms. The van der Waals surface area contributed by atoms with Gasteiger partial charge in [-0.05, 0) is 112 Å². The maximum atomic E-state index is 16.1. The smallest absolute Gasteiger partial charge is 0.333 e. The minimum atomic E-state index is -2.02. The number of methoxy groups -OCH3 is 7. The van der Waals surface area contributed by atoms with E-state index >= 15 is 24.0 Å². The number of carbonyl (C=O) groups excluding carboxylic acids is 7. The first kappa shape index (κ1) is 63.1. The molecule has 6 aliphatic rings. The zero-order valence-electron chi connectivity index (χ0n) is 50.0. The molecule has 9 N–H and O–H groups in total.